The Morgan fingerprint density at radius 2 is 1.97 bits per heavy atom. The molecular formula is C26H26ClN3O3. The molecule has 1 aromatic heterocycles. The molecule has 1 heterocycles. The number of hydrogen-bond donors (Lipinski definition) is 3. The predicted octanol–water partition coefficient (Wildman–Crippen LogP) is 4.33. The third-order valence-corrected chi connectivity index (χ3v) is 8.72. The molecule has 3 aromatic rings. The van der Waals surface area contributed by atoms with Crippen LogP contribution in [-0.4, -0.2) is 42.0 Å². The molecular weight excluding hydrogens is 438 g/mol. The van der Waals surface area contributed by atoms with E-state index in [0.29, 0.717) is 30.0 Å². The van der Waals surface area contributed by atoms with Gasteiger partial charge in [-0.2, -0.15) is 0 Å². The minimum absolute atomic E-state index is 0.0885. The average Bonchev–Trinajstić information content (AvgIpc) is 3.41. The first kappa shape index (κ1) is 20.9. The fourth-order valence-corrected chi connectivity index (χ4v) is 7.00. The second-order valence-corrected chi connectivity index (χ2v) is 10.4. The molecule has 1 spiro atoms. The van der Waals surface area contributed by atoms with E-state index in [4.69, 9.17) is 11.6 Å². The fraction of sp³-hybridized carbons (Fsp3) is 0.385. The lowest BCUT2D eigenvalue weighted by molar-refractivity contribution is -0.0230. The van der Waals surface area contributed by atoms with Crippen molar-refractivity contribution in [3.8, 4) is 17.0 Å². The van der Waals surface area contributed by atoms with Crippen molar-refractivity contribution in [2.45, 2.75) is 56.3 Å². The molecule has 3 aliphatic carbocycles. The Kier molecular flexibility index (Phi) is 4.38. The quantitative estimate of drug-likeness (QED) is 0.503. The number of aromatic hydroxyl groups is 1. The van der Waals surface area contributed by atoms with E-state index in [2.05, 4.69) is 16.9 Å². The van der Waals surface area contributed by atoms with Gasteiger partial charge in [-0.15, -0.1) is 5.10 Å². The number of aromatic nitrogens is 3. The first-order valence-electron chi connectivity index (χ1n) is 11.3. The van der Waals surface area contributed by atoms with Crippen LogP contribution in [0.25, 0.3) is 11.3 Å². The number of fused-ring (bicyclic) bond motifs is 3. The lowest BCUT2D eigenvalue weighted by atomic mass is 9.62. The molecule has 5 atom stereocenters. The van der Waals surface area contributed by atoms with Gasteiger partial charge in [0.2, 0.25) is 0 Å². The second kappa shape index (κ2) is 6.92. The largest absolute Gasteiger partial charge is 0.508 e. The summed E-state index contributed by atoms with van der Waals surface area (Å²) >= 11 is 6.02. The molecule has 2 aromatic carbocycles. The maximum absolute atomic E-state index is 11.5. The summed E-state index contributed by atoms with van der Waals surface area (Å²) in [6.07, 6.45) is 2.89. The first-order valence-corrected chi connectivity index (χ1v) is 11.7. The summed E-state index contributed by atoms with van der Waals surface area (Å²) in [4.78, 5) is 0. The zero-order valence-corrected chi connectivity index (χ0v) is 19.1. The van der Waals surface area contributed by atoms with E-state index in [0.717, 1.165) is 34.4 Å². The molecule has 0 amide bonds. The zero-order valence-electron chi connectivity index (χ0n) is 18.4. The zero-order chi connectivity index (χ0) is 23.1. The van der Waals surface area contributed by atoms with Gasteiger partial charge in [0.15, 0.2) is 0 Å². The van der Waals surface area contributed by atoms with Crippen LogP contribution in [0.5, 0.6) is 5.75 Å². The summed E-state index contributed by atoms with van der Waals surface area (Å²) in [7, 11) is 0. The molecule has 170 valence electrons. The first-order chi connectivity index (χ1) is 15.7. The summed E-state index contributed by atoms with van der Waals surface area (Å²) < 4.78 is 1.81. The summed E-state index contributed by atoms with van der Waals surface area (Å²) in [5, 5.41) is 42.8. The van der Waals surface area contributed by atoms with Crippen molar-refractivity contribution in [3.05, 3.63) is 76.5 Å². The van der Waals surface area contributed by atoms with Crippen LogP contribution in [-0.2, 0) is 6.54 Å². The topological polar surface area (TPSA) is 91.4 Å². The number of aliphatic hydroxyl groups excluding tert-OH is 1. The maximum atomic E-state index is 11.5. The molecule has 2 saturated carbocycles. The number of benzene rings is 2. The number of hydrogen-bond acceptors (Lipinski definition) is 5. The highest BCUT2D eigenvalue weighted by molar-refractivity contribution is 6.30. The molecule has 3 N–H and O–H groups in total. The van der Waals surface area contributed by atoms with E-state index in [-0.39, 0.29) is 17.6 Å². The molecule has 2 bridgehead atoms. The van der Waals surface area contributed by atoms with Crippen LogP contribution >= 0.6 is 11.6 Å². The normalized spacial score (nSPS) is 32.1. The number of phenolic OH excluding ortho intramolecular Hbond substituents is 1. The Morgan fingerprint density at radius 3 is 2.73 bits per heavy atom. The predicted molar refractivity (Wildman–Crippen MR) is 125 cm³/mol. The van der Waals surface area contributed by atoms with Gasteiger partial charge in [-0.1, -0.05) is 41.6 Å². The standard InChI is InChI=1S/C26H26ClN3O3/c1-14-22(31)8-7-18-19-9-10-25(33)13-26(19,24(32)15(25)2)20(23(14)18)11-30-12-21(28-29-30)16-3-5-17(27)6-4-16/h3-8,12,19-20,24,31-33H,2,9-11,13H2,1H3/t19-,20-,24?,25-,26?/m0/s1. The van der Waals surface area contributed by atoms with Gasteiger partial charge in [-0.3, -0.25) is 4.68 Å². The van der Waals surface area contributed by atoms with Gasteiger partial charge in [0.1, 0.15) is 11.4 Å². The van der Waals surface area contributed by atoms with Gasteiger partial charge in [0.25, 0.3) is 0 Å². The fourth-order valence-electron chi connectivity index (χ4n) is 6.87. The van der Waals surface area contributed by atoms with Crippen molar-refractivity contribution in [3.63, 3.8) is 0 Å². The van der Waals surface area contributed by atoms with E-state index in [1.165, 1.54) is 0 Å². The molecule has 7 heteroatoms. The maximum Gasteiger partial charge on any atom is 0.118 e. The van der Waals surface area contributed by atoms with Gasteiger partial charge in [0, 0.05) is 21.9 Å². The smallest absolute Gasteiger partial charge is 0.118 e. The molecule has 3 aliphatic rings. The minimum Gasteiger partial charge on any atom is -0.508 e. The Labute approximate surface area is 197 Å². The van der Waals surface area contributed by atoms with Crippen LogP contribution in [0.2, 0.25) is 5.02 Å². The van der Waals surface area contributed by atoms with Crippen LogP contribution in [0.4, 0.5) is 0 Å². The van der Waals surface area contributed by atoms with Crippen LogP contribution < -0.4 is 0 Å². The van der Waals surface area contributed by atoms with Gasteiger partial charge in [-0.05, 0) is 72.6 Å². The van der Waals surface area contributed by atoms with Gasteiger partial charge >= 0.3 is 0 Å². The summed E-state index contributed by atoms with van der Waals surface area (Å²) in [6.45, 7) is 6.51. The molecule has 33 heavy (non-hydrogen) atoms. The Balaban J connectivity index is 1.46. The van der Waals surface area contributed by atoms with Crippen LogP contribution in [0.3, 0.4) is 0 Å². The Morgan fingerprint density at radius 1 is 1.21 bits per heavy atom. The molecule has 0 saturated heterocycles. The second-order valence-electron chi connectivity index (χ2n) is 9.94. The van der Waals surface area contributed by atoms with Crippen molar-refractivity contribution >= 4 is 11.6 Å². The van der Waals surface area contributed by atoms with Crippen molar-refractivity contribution in [1.82, 2.24) is 15.0 Å². The number of halogens is 1. The van der Waals surface area contributed by atoms with Gasteiger partial charge < -0.3 is 15.3 Å². The minimum atomic E-state index is -1.05. The van der Waals surface area contributed by atoms with Gasteiger partial charge in [-0.25, -0.2) is 0 Å². The number of phenols is 1. The van der Waals surface area contributed by atoms with Crippen LogP contribution in [0.1, 0.15) is 47.8 Å². The third-order valence-electron chi connectivity index (χ3n) is 8.47. The number of nitrogens with zero attached hydrogens (tertiary/aromatic N) is 3. The molecule has 2 fully saturated rings. The molecule has 0 radical (unpaired) electrons. The summed E-state index contributed by atoms with van der Waals surface area (Å²) in [6, 6.07) is 11.2. The molecule has 6 nitrogen and oxygen atoms in total. The summed E-state index contributed by atoms with van der Waals surface area (Å²) in [5.41, 5.74) is 3.58. The van der Waals surface area contributed by atoms with Crippen molar-refractivity contribution in [2.75, 3.05) is 0 Å². The van der Waals surface area contributed by atoms with E-state index in [1.807, 2.05) is 43.5 Å². The van der Waals surface area contributed by atoms with Crippen molar-refractivity contribution in [1.29, 1.82) is 0 Å². The highest BCUT2D eigenvalue weighted by Crippen LogP contribution is 2.71. The monoisotopic (exact) mass is 463 g/mol. The van der Waals surface area contributed by atoms with E-state index >= 15 is 0 Å². The SMILES string of the molecule is C=C1C(O)C23C[C@@]1(O)CC[C@H]2c1ccc(O)c(C)c1[C@@H]3Cn1cc(-c2ccc(Cl)cc2)nn1. The molecule has 6 rings (SSSR count). The van der Waals surface area contributed by atoms with E-state index < -0.39 is 17.1 Å². The van der Waals surface area contributed by atoms with Crippen molar-refractivity contribution in [2.24, 2.45) is 5.41 Å². The van der Waals surface area contributed by atoms with Crippen LogP contribution in [0.15, 0.2) is 54.7 Å². The average molecular weight is 464 g/mol. The highest BCUT2D eigenvalue weighted by atomic mass is 35.5. The molecule has 2 unspecified atom stereocenters. The summed E-state index contributed by atoms with van der Waals surface area (Å²) in [5.74, 6) is 0.187. The lowest BCUT2D eigenvalue weighted by Crippen LogP contribution is -2.42. The van der Waals surface area contributed by atoms with Gasteiger partial charge in [0.05, 0.1) is 24.4 Å². The molecule has 0 aliphatic heterocycles. The van der Waals surface area contributed by atoms with E-state index in [1.54, 1.807) is 10.7 Å². The Hall–Kier alpha value is -2.67. The number of aliphatic hydroxyl groups is 2. The number of rotatable bonds is 3. The third kappa shape index (κ3) is 2.75. The van der Waals surface area contributed by atoms with Crippen molar-refractivity contribution < 1.29 is 15.3 Å². The van der Waals surface area contributed by atoms with Crippen LogP contribution in [0, 0.1) is 12.3 Å². The highest BCUT2D eigenvalue weighted by Gasteiger charge is 2.69. The Bertz CT molecular complexity index is 1290. The van der Waals surface area contributed by atoms with E-state index in [9.17, 15) is 15.3 Å². The lowest BCUT2D eigenvalue weighted by Gasteiger charge is -2.43.